The van der Waals surface area contributed by atoms with E-state index in [1.54, 1.807) is 42.5 Å². The van der Waals surface area contributed by atoms with Gasteiger partial charge < -0.3 is 24.8 Å². The number of halogens is 2. The molecule has 2 aliphatic heterocycles. The minimum Gasteiger partial charge on any atom is -0.497 e. The van der Waals surface area contributed by atoms with E-state index in [1.807, 2.05) is 0 Å². The molecule has 3 aromatic rings. The molecule has 2 aliphatic rings. The Morgan fingerprint density at radius 3 is 2.62 bits per heavy atom. The summed E-state index contributed by atoms with van der Waals surface area (Å²) in [6, 6.07) is 14.8. The molecule has 3 heterocycles. The van der Waals surface area contributed by atoms with Gasteiger partial charge in [0, 0.05) is 36.1 Å². The van der Waals surface area contributed by atoms with E-state index in [4.69, 9.17) is 4.74 Å². The molecule has 9 nitrogen and oxygen atoms in total. The number of amides is 1. The van der Waals surface area contributed by atoms with Gasteiger partial charge in [-0.25, -0.2) is 8.42 Å². The number of rotatable bonds is 9. The first kappa shape index (κ1) is 27.3. The highest BCUT2D eigenvalue weighted by molar-refractivity contribution is 7.91. The molecule has 0 atom stereocenters. The molecule has 2 aromatic carbocycles. The summed E-state index contributed by atoms with van der Waals surface area (Å²) in [6.45, 7) is 1.34. The van der Waals surface area contributed by atoms with Crippen molar-refractivity contribution in [1.82, 2.24) is 14.9 Å². The van der Waals surface area contributed by atoms with E-state index in [0.717, 1.165) is 21.8 Å². The van der Waals surface area contributed by atoms with Gasteiger partial charge in [-0.05, 0) is 60.9 Å². The van der Waals surface area contributed by atoms with Gasteiger partial charge in [-0.15, -0.1) is 20.1 Å². The maximum Gasteiger partial charge on any atom is 0.586 e. The number of methoxy groups -OCH3 is 1. The van der Waals surface area contributed by atoms with E-state index in [0.29, 0.717) is 43.8 Å². The number of piperidine rings is 1. The van der Waals surface area contributed by atoms with Crippen LogP contribution in [-0.2, 0) is 23.1 Å². The van der Waals surface area contributed by atoms with Gasteiger partial charge in [0.05, 0.1) is 13.7 Å². The van der Waals surface area contributed by atoms with Crippen molar-refractivity contribution >= 4 is 27.3 Å². The molecule has 0 aliphatic carbocycles. The van der Waals surface area contributed by atoms with E-state index in [9.17, 15) is 22.0 Å². The first-order valence-electron chi connectivity index (χ1n) is 12.3. The standard InChI is InChI=1S/C26H27F2N3O6S2/c1-35-20-4-2-3-18(14-20)25(32)30-16-21-6-8-24(38-21)39(33,34)31-11-9-19(10-12-31)29-15-17-5-7-22-23(13-17)37-26(27,28)36-22/h2-8,13-14,19,29H,9-12,15-16H2,1H3,(H,30,32). The molecule has 1 saturated heterocycles. The Balaban J connectivity index is 1.11. The fraction of sp³-hybridized carbons (Fsp3) is 0.346. The molecule has 1 amide bonds. The van der Waals surface area contributed by atoms with Crippen molar-refractivity contribution in [2.75, 3.05) is 20.2 Å². The molecular formula is C26H27F2N3O6S2. The Kier molecular flexibility index (Phi) is 7.76. The molecule has 13 heteroatoms. The second kappa shape index (κ2) is 11.1. The van der Waals surface area contributed by atoms with Crippen LogP contribution in [0.3, 0.4) is 0 Å². The number of hydrogen-bond donors (Lipinski definition) is 2. The lowest BCUT2D eigenvalue weighted by Crippen LogP contribution is -2.44. The van der Waals surface area contributed by atoms with Crippen LogP contribution in [0, 0.1) is 0 Å². The van der Waals surface area contributed by atoms with Crippen LogP contribution >= 0.6 is 11.3 Å². The maximum atomic E-state index is 13.2. The third-order valence-electron chi connectivity index (χ3n) is 6.50. The van der Waals surface area contributed by atoms with Crippen molar-refractivity contribution in [1.29, 1.82) is 0 Å². The van der Waals surface area contributed by atoms with Gasteiger partial charge in [0.2, 0.25) is 0 Å². The van der Waals surface area contributed by atoms with E-state index < -0.39 is 16.3 Å². The number of sulfonamides is 1. The lowest BCUT2D eigenvalue weighted by Gasteiger charge is -2.31. The fourth-order valence-corrected chi connectivity index (χ4v) is 7.34. The van der Waals surface area contributed by atoms with Crippen LogP contribution in [0.15, 0.2) is 58.8 Å². The van der Waals surface area contributed by atoms with E-state index in [2.05, 4.69) is 20.1 Å². The van der Waals surface area contributed by atoms with Crippen LogP contribution in [0.25, 0.3) is 0 Å². The number of alkyl halides is 2. The Bertz CT molecular complexity index is 1460. The number of nitrogens with one attached hydrogen (secondary N) is 2. The average molecular weight is 580 g/mol. The van der Waals surface area contributed by atoms with Gasteiger partial charge in [0.15, 0.2) is 11.5 Å². The van der Waals surface area contributed by atoms with Crippen molar-refractivity contribution in [3.8, 4) is 17.2 Å². The lowest BCUT2D eigenvalue weighted by atomic mass is 10.1. The second-order valence-electron chi connectivity index (χ2n) is 9.14. The van der Waals surface area contributed by atoms with Crippen LogP contribution in [-0.4, -0.2) is 51.2 Å². The van der Waals surface area contributed by atoms with Gasteiger partial charge >= 0.3 is 6.29 Å². The predicted octanol–water partition coefficient (Wildman–Crippen LogP) is 3.95. The smallest absolute Gasteiger partial charge is 0.497 e. The first-order chi connectivity index (χ1) is 18.6. The molecule has 39 heavy (non-hydrogen) atoms. The highest BCUT2D eigenvalue weighted by Crippen LogP contribution is 2.41. The Labute approximate surface area is 228 Å². The van der Waals surface area contributed by atoms with E-state index in [1.165, 1.54) is 23.5 Å². The fourth-order valence-electron chi connectivity index (χ4n) is 4.42. The normalized spacial score (nSPS) is 17.2. The van der Waals surface area contributed by atoms with Crippen molar-refractivity contribution in [3.05, 3.63) is 70.6 Å². The molecule has 2 N–H and O–H groups in total. The number of ether oxygens (including phenoxy) is 3. The molecule has 1 aromatic heterocycles. The van der Waals surface area contributed by atoms with Crippen molar-refractivity contribution in [2.24, 2.45) is 0 Å². The summed E-state index contributed by atoms with van der Waals surface area (Å²) in [5, 5.41) is 6.17. The summed E-state index contributed by atoms with van der Waals surface area (Å²) in [6.07, 6.45) is -2.44. The van der Waals surface area contributed by atoms with Gasteiger partial charge in [-0.3, -0.25) is 4.79 Å². The van der Waals surface area contributed by atoms with Crippen molar-refractivity contribution in [3.63, 3.8) is 0 Å². The third-order valence-corrected chi connectivity index (χ3v) is 9.95. The molecule has 0 radical (unpaired) electrons. The van der Waals surface area contributed by atoms with Crippen LogP contribution < -0.4 is 24.8 Å². The summed E-state index contributed by atoms with van der Waals surface area (Å²) in [5.74, 6) is 0.292. The Hall–Kier alpha value is -3.26. The largest absolute Gasteiger partial charge is 0.586 e. The zero-order valence-corrected chi connectivity index (χ0v) is 22.6. The van der Waals surface area contributed by atoms with Crippen molar-refractivity contribution in [2.45, 2.75) is 42.5 Å². The number of hydrogen-bond acceptors (Lipinski definition) is 8. The van der Waals surface area contributed by atoms with Crippen LogP contribution in [0.1, 0.15) is 33.6 Å². The van der Waals surface area contributed by atoms with Gasteiger partial charge in [-0.2, -0.15) is 4.31 Å². The van der Waals surface area contributed by atoms with Gasteiger partial charge in [-0.1, -0.05) is 12.1 Å². The molecule has 1 fully saturated rings. The van der Waals surface area contributed by atoms with Gasteiger partial charge in [0.25, 0.3) is 15.9 Å². The number of carbonyl (C=O) groups excluding carboxylic acids is 1. The summed E-state index contributed by atoms with van der Waals surface area (Å²) < 4.78 is 68.6. The van der Waals surface area contributed by atoms with E-state index in [-0.39, 0.29) is 34.2 Å². The molecule has 0 spiro atoms. The van der Waals surface area contributed by atoms with Gasteiger partial charge in [0.1, 0.15) is 9.96 Å². The highest BCUT2D eigenvalue weighted by Gasteiger charge is 2.43. The molecule has 208 valence electrons. The molecule has 5 rings (SSSR count). The molecule has 0 unspecified atom stereocenters. The number of benzene rings is 2. The summed E-state index contributed by atoms with van der Waals surface area (Å²) in [7, 11) is -2.13. The van der Waals surface area contributed by atoms with Crippen LogP contribution in [0.4, 0.5) is 8.78 Å². The number of nitrogens with zero attached hydrogens (tertiary/aromatic N) is 1. The number of thiophene rings is 1. The highest BCUT2D eigenvalue weighted by atomic mass is 32.2. The Morgan fingerprint density at radius 2 is 1.85 bits per heavy atom. The summed E-state index contributed by atoms with van der Waals surface area (Å²) in [4.78, 5) is 13.2. The molecule has 0 saturated carbocycles. The maximum absolute atomic E-state index is 13.2. The topological polar surface area (TPSA) is 106 Å². The summed E-state index contributed by atoms with van der Waals surface area (Å²) >= 11 is 1.14. The van der Waals surface area contributed by atoms with Crippen molar-refractivity contribution < 1.29 is 36.2 Å². The Morgan fingerprint density at radius 1 is 1.08 bits per heavy atom. The number of fused-ring (bicyclic) bond motifs is 1. The average Bonchev–Trinajstić information content (AvgIpc) is 3.54. The zero-order chi connectivity index (χ0) is 27.6. The zero-order valence-electron chi connectivity index (χ0n) is 21.0. The SMILES string of the molecule is COc1cccc(C(=O)NCc2ccc(S(=O)(=O)N3CCC(NCc4ccc5c(c4)OC(F)(F)O5)CC3)s2)c1. The quantitative estimate of drug-likeness (QED) is 0.396. The van der Waals surface area contributed by atoms with E-state index >= 15 is 0 Å². The third kappa shape index (κ3) is 6.32. The predicted molar refractivity (Wildman–Crippen MR) is 140 cm³/mol. The number of carbonyl (C=O) groups is 1. The summed E-state index contributed by atoms with van der Waals surface area (Å²) in [5.41, 5.74) is 1.21. The minimum absolute atomic E-state index is 0.00163. The lowest BCUT2D eigenvalue weighted by molar-refractivity contribution is -0.286. The second-order valence-corrected chi connectivity index (χ2v) is 12.5. The monoisotopic (exact) mass is 579 g/mol. The minimum atomic E-state index is -3.66. The van der Waals surface area contributed by atoms with Crippen LogP contribution in [0.2, 0.25) is 0 Å². The molecule has 0 bridgehead atoms. The molecular weight excluding hydrogens is 552 g/mol. The van der Waals surface area contributed by atoms with Crippen LogP contribution in [0.5, 0.6) is 17.2 Å². The first-order valence-corrected chi connectivity index (χ1v) is 14.5.